The van der Waals surface area contributed by atoms with E-state index in [0.717, 1.165) is 0 Å². The maximum absolute atomic E-state index is 12.0. The fourth-order valence-corrected chi connectivity index (χ4v) is 3.90. The Labute approximate surface area is 141 Å². The Morgan fingerprint density at radius 3 is 2.50 bits per heavy atom. The molecule has 3 N–H and O–H groups in total. The lowest BCUT2D eigenvalue weighted by molar-refractivity contribution is -0.139. The molecule has 0 spiro atoms. The Kier molecular flexibility index (Phi) is 4.86. The summed E-state index contributed by atoms with van der Waals surface area (Å²) in [7, 11) is -3.64. The van der Waals surface area contributed by atoms with E-state index in [9.17, 15) is 23.1 Å². The average Bonchev–Trinajstić information content (AvgIpc) is 2.61. The SMILES string of the molecule is CC(C)(C)OC(=O)N1CC(O)(CN2CC(CS(N)(=O)=O)CC2=O)C1. The molecule has 0 saturated carbocycles. The predicted molar refractivity (Wildman–Crippen MR) is 85.4 cm³/mol. The van der Waals surface area contributed by atoms with E-state index in [1.54, 1.807) is 20.8 Å². The van der Waals surface area contributed by atoms with Gasteiger partial charge in [0.25, 0.3) is 0 Å². The van der Waals surface area contributed by atoms with Crippen LogP contribution in [0.5, 0.6) is 0 Å². The van der Waals surface area contributed by atoms with Gasteiger partial charge in [-0.25, -0.2) is 18.4 Å². The highest BCUT2D eigenvalue weighted by molar-refractivity contribution is 7.89. The summed E-state index contributed by atoms with van der Waals surface area (Å²) in [5.74, 6) is -0.830. The minimum Gasteiger partial charge on any atom is -0.444 e. The van der Waals surface area contributed by atoms with Gasteiger partial charge in [0, 0.05) is 18.9 Å². The van der Waals surface area contributed by atoms with Gasteiger partial charge in [-0.1, -0.05) is 0 Å². The Morgan fingerprint density at radius 2 is 2.00 bits per heavy atom. The van der Waals surface area contributed by atoms with Gasteiger partial charge in [-0.05, 0) is 20.8 Å². The molecule has 0 bridgehead atoms. The summed E-state index contributed by atoms with van der Waals surface area (Å²) in [5, 5.41) is 15.4. The lowest BCUT2D eigenvalue weighted by Crippen LogP contribution is -2.68. The number of carbonyl (C=O) groups excluding carboxylic acids is 2. The van der Waals surface area contributed by atoms with Crippen LogP contribution in [0.2, 0.25) is 0 Å². The van der Waals surface area contributed by atoms with E-state index < -0.39 is 27.3 Å². The van der Waals surface area contributed by atoms with Crippen molar-refractivity contribution < 1.29 is 27.9 Å². The number of ether oxygens (including phenoxy) is 1. The monoisotopic (exact) mass is 363 g/mol. The standard InChI is InChI=1S/C14H25N3O6S/c1-13(2,3)23-12(19)17-8-14(20,9-17)7-16-5-10(4-11(16)18)6-24(15,21)22/h10,20H,4-9H2,1-3H3,(H2,15,21,22). The number of rotatable bonds is 4. The lowest BCUT2D eigenvalue weighted by Gasteiger charge is -2.47. The van der Waals surface area contributed by atoms with Crippen molar-refractivity contribution in [3.8, 4) is 0 Å². The van der Waals surface area contributed by atoms with E-state index in [4.69, 9.17) is 9.88 Å². The molecule has 0 aromatic rings. The van der Waals surface area contributed by atoms with Crippen molar-refractivity contribution in [2.45, 2.75) is 38.4 Å². The van der Waals surface area contributed by atoms with E-state index in [2.05, 4.69) is 0 Å². The highest BCUT2D eigenvalue weighted by Gasteiger charge is 2.48. The van der Waals surface area contributed by atoms with Crippen molar-refractivity contribution in [3.63, 3.8) is 0 Å². The van der Waals surface area contributed by atoms with Crippen LogP contribution in [0.15, 0.2) is 0 Å². The molecule has 1 unspecified atom stereocenters. The quantitative estimate of drug-likeness (QED) is 0.666. The molecule has 0 radical (unpaired) electrons. The number of primary sulfonamides is 1. The molecule has 2 heterocycles. The van der Waals surface area contributed by atoms with Gasteiger partial charge in [0.15, 0.2) is 0 Å². The Hall–Kier alpha value is -1.39. The smallest absolute Gasteiger partial charge is 0.410 e. The highest BCUT2D eigenvalue weighted by atomic mass is 32.2. The van der Waals surface area contributed by atoms with Gasteiger partial charge in [-0.2, -0.15) is 0 Å². The largest absolute Gasteiger partial charge is 0.444 e. The van der Waals surface area contributed by atoms with Crippen LogP contribution < -0.4 is 5.14 Å². The van der Waals surface area contributed by atoms with Gasteiger partial charge in [0.05, 0.1) is 25.4 Å². The molecule has 2 amide bonds. The Morgan fingerprint density at radius 1 is 1.42 bits per heavy atom. The summed E-state index contributed by atoms with van der Waals surface area (Å²) < 4.78 is 27.5. The summed E-state index contributed by atoms with van der Waals surface area (Å²) in [6.07, 6.45) is -0.408. The van der Waals surface area contributed by atoms with Crippen LogP contribution in [-0.4, -0.2) is 78.5 Å². The molecule has 24 heavy (non-hydrogen) atoms. The van der Waals surface area contributed by atoms with Crippen molar-refractivity contribution in [3.05, 3.63) is 0 Å². The zero-order valence-corrected chi connectivity index (χ0v) is 15.0. The number of aliphatic hydroxyl groups is 1. The van der Waals surface area contributed by atoms with E-state index in [1.807, 2.05) is 0 Å². The number of likely N-dealkylation sites (tertiary alicyclic amines) is 2. The van der Waals surface area contributed by atoms with Crippen LogP contribution in [0, 0.1) is 5.92 Å². The van der Waals surface area contributed by atoms with Gasteiger partial charge in [0.2, 0.25) is 15.9 Å². The molecule has 2 rings (SSSR count). The summed E-state index contributed by atoms with van der Waals surface area (Å²) in [5.41, 5.74) is -1.81. The summed E-state index contributed by atoms with van der Waals surface area (Å²) >= 11 is 0. The molecule has 0 aliphatic carbocycles. The fraction of sp³-hybridized carbons (Fsp3) is 0.857. The molecule has 0 aromatic heterocycles. The van der Waals surface area contributed by atoms with Crippen LogP contribution in [0.3, 0.4) is 0 Å². The predicted octanol–water partition coefficient (Wildman–Crippen LogP) is -0.895. The molecule has 0 aromatic carbocycles. The molecular formula is C14H25N3O6S. The first-order chi connectivity index (χ1) is 10.8. The summed E-state index contributed by atoms with van der Waals surface area (Å²) in [4.78, 5) is 26.6. The number of β-amino-alcohol motifs (C(OH)–C–C–N with tert-alkyl or cyclic N) is 1. The second-order valence-electron chi connectivity index (χ2n) is 7.73. The van der Waals surface area contributed by atoms with Crippen LogP contribution in [-0.2, 0) is 19.6 Å². The van der Waals surface area contributed by atoms with Crippen molar-refractivity contribution in [1.82, 2.24) is 9.80 Å². The van der Waals surface area contributed by atoms with Crippen molar-refractivity contribution in [2.24, 2.45) is 11.1 Å². The van der Waals surface area contributed by atoms with E-state index in [1.165, 1.54) is 9.80 Å². The molecule has 2 aliphatic heterocycles. The number of amides is 2. The lowest BCUT2D eigenvalue weighted by atomic mass is 9.94. The van der Waals surface area contributed by atoms with Crippen molar-refractivity contribution in [2.75, 3.05) is 31.9 Å². The second-order valence-corrected chi connectivity index (χ2v) is 9.39. The number of hydrogen-bond acceptors (Lipinski definition) is 6. The first-order valence-corrected chi connectivity index (χ1v) is 9.46. The van der Waals surface area contributed by atoms with Gasteiger partial charge in [0.1, 0.15) is 11.2 Å². The maximum Gasteiger partial charge on any atom is 0.410 e. The van der Waals surface area contributed by atoms with E-state index in [-0.39, 0.29) is 50.2 Å². The van der Waals surface area contributed by atoms with Crippen LogP contribution in [0.4, 0.5) is 4.79 Å². The number of carbonyl (C=O) groups is 2. The topological polar surface area (TPSA) is 130 Å². The molecule has 2 saturated heterocycles. The third-order valence-corrected chi connectivity index (χ3v) is 4.81. The average molecular weight is 363 g/mol. The fourth-order valence-electron chi connectivity index (χ4n) is 3.02. The van der Waals surface area contributed by atoms with Crippen LogP contribution in [0.25, 0.3) is 0 Å². The molecular weight excluding hydrogens is 338 g/mol. The minimum absolute atomic E-state index is 0.0618. The number of sulfonamides is 1. The molecule has 10 heteroatoms. The molecule has 9 nitrogen and oxygen atoms in total. The number of hydrogen-bond donors (Lipinski definition) is 2. The van der Waals surface area contributed by atoms with Crippen molar-refractivity contribution in [1.29, 1.82) is 0 Å². The molecule has 138 valence electrons. The van der Waals surface area contributed by atoms with Crippen LogP contribution in [0.1, 0.15) is 27.2 Å². The van der Waals surface area contributed by atoms with E-state index >= 15 is 0 Å². The number of nitrogens with two attached hydrogens (primary N) is 1. The minimum atomic E-state index is -3.64. The Bertz CT molecular complexity index is 621. The number of nitrogens with zero attached hydrogens (tertiary/aromatic N) is 2. The first-order valence-electron chi connectivity index (χ1n) is 7.75. The second kappa shape index (κ2) is 6.16. The summed E-state index contributed by atoms with van der Waals surface area (Å²) in [6.45, 7) is 5.72. The highest BCUT2D eigenvalue weighted by Crippen LogP contribution is 2.27. The molecule has 2 fully saturated rings. The van der Waals surface area contributed by atoms with Gasteiger partial charge < -0.3 is 19.6 Å². The normalized spacial score (nSPS) is 24.0. The third kappa shape index (κ3) is 5.05. The van der Waals surface area contributed by atoms with Gasteiger partial charge in [-0.15, -0.1) is 0 Å². The van der Waals surface area contributed by atoms with E-state index in [0.29, 0.717) is 0 Å². The third-order valence-electron chi connectivity index (χ3n) is 3.87. The molecule has 2 aliphatic rings. The van der Waals surface area contributed by atoms with Gasteiger partial charge >= 0.3 is 6.09 Å². The van der Waals surface area contributed by atoms with Gasteiger partial charge in [-0.3, -0.25) is 4.79 Å². The zero-order chi connectivity index (χ0) is 18.3. The maximum atomic E-state index is 12.0. The molecule has 1 atom stereocenters. The summed E-state index contributed by atoms with van der Waals surface area (Å²) in [6, 6.07) is 0. The van der Waals surface area contributed by atoms with Crippen LogP contribution >= 0.6 is 0 Å². The first kappa shape index (κ1) is 18.9. The zero-order valence-electron chi connectivity index (χ0n) is 14.2. The Balaban J connectivity index is 1.85. The van der Waals surface area contributed by atoms with Crippen molar-refractivity contribution >= 4 is 22.0 Å².